The molecule has 35 heavy (non-hydrogen) atoms. The van der Waals surface area contributed by atoms with Crippen LogP contribution in [0.3, 0.4) is 0 Å². The maximum absolute atomic E-state index is 13.2. The van der Waals surface area contributed by atoms with E-state index in [4.69, 9.17) is 14.9 Å². The molecular formula is C26H38ClN5O3. The summed E-state index contributed by atoms with van der Waals surface area (Å²) in [7, 11) is 0. The van der Waals surface area contributed by atoms with E-state index >= 15 is 0 Å². The number of ether oxygens (including phenoxy) is 2. The van der Waals surface area contributed by atoms with E-state index in [1.807, 2.05) is 12.1 Å². The summed E-state index contributed by atoms with van der Waals surface area (Å²) < 4.78 is 14.6. The fourth-order valence-corrected chi connectivity index (χ4v) is 3.55. The topological polar surface area (TPSA) is 94.5 Å². The van der Waals surface area contributed by atoms with Crippen molar-refractivity contribution < 1.29 is 14.3 Å². The molecule has 0 atom stereocenters. The van der Waals surface area contributed by atoms with Gasteiger partial charge >= 0.3 is 0 Å². The van der Waals surface area contributed by atoms with Crippen molar-refractivity contribution in [3.63, 3.8) is 0 Å². The van der Waals surface area contributed by atoms with Crippen LogP contribution in [0.25, 0.3) is 5.65 Å². The largest absolute Gasteiger partial charge is 0.494 e. The molecule has 1 N–H and O–H groups in total. The SMILES string of the molecule is CCCCOc1cc(C(=O)Cn2nc3ccc(OC(CC)CC)nn3c2=N)cc(C(C)(C)C)c1.Cl. The third-order valence-corrected chi connectivity index (χ3v) is 5.81. The zero-order valence-electron chi connectivity index (χ0n) is 21.6. The molecule has 0 unspecified atom stereocenters. The predicted molar refractivity (Wildman–Crippen MR) is 139 cm³/mol. The second-order valence-electron chi connectivity index (χ2n) is 9.60. The van der Waals surface area contributed by atoms with Gasteiger partial charge in [0.05, 0.1) is 12.7 Å². The number of fused-ring (bicyclic) bond motifs is 1. The molecule has 0 saturated heterocycles. The summed E-state index contributed by atoms with van der Waals surface area (Å²) in [6.07, 6.45) is 3.82. The lowest BCUT2D eigenvalue weighted by Crippen LogP contribution is -2.27. The lowest BCUT2D eigenvalue weighted by molar-refractivity contribution is 0.0965. The number of carbonyl (C=O) groups excluding carboxylic acids is 1. The first-order valence-corrected chi connectivity index (χ1v) is 12.2. The number of nitrogens with zero attached hydrogens (tertiary/aromatic N) is 4. The molecule has 8 nitrogen and oxygen atoms in total. The number of Topliss-reactive ketones (excluding diaryl/α,β-unsaturated/α-hetero) is 1. The number of unbranched alkanes of at least 4 members (excludes halogenated alkanes) is 1. The quantitative estimate of drug-likeness (QED) is 0.281. The van der Waals surface area contributed by atoms with Crippen LogP contribution in [0.1, 0.15) is 83.1 Å². The highest BCUT2D eigenvalue weighted by Gasteiger charge is 2.19. The van der Waals surface area contributed by atoms with Crippen molar-refractivity contribution in [2.24, 2.45) is 0 Å². The van der Waals surface area contributed by atoms with Gasteiger partial charge in [-0.3, -0.25) is 10.2 Å². The molecule has 0 spiro atoms. The molecule has 0 saturated carbocycles. The molecule has 0 aliphatic carbocycles. The molecule has 0 aliphatic rings. The van der Waals surface area contributed by atoms with Gasteiger partial charge in [-0.25, -0.2) is 4.68 Å². The molecule has 0 bridgehead atoms. The molecule has 9 heteroatoms. The molecule has 2 aromatic heterocycles. The molecule has 0 radical (unpaired) electrons. The van der Waals surface area contributed by atoms with Crippen LogP contribution in [0.2, 0.25) is 0 Å². The van der Waals surface area contributed by atoms with Gasteiger partial charge in [-0.2, -0.15) is 4.52 Å². The van der Waals surface area contributed by atoms with Crippen LogP contribution in [0.15, 0.2) is 30.3 Å². The standard InChI is InChI=1S/C26H37N5O3.ClH/c1-7-10-13-33-21-15-18(14-19(16-21)26(4,5)6)22(32)17-30-25(27)31-23(28-30)11-12-24(29-31)34-20(8-2)9-3;/h11-12,14-16,20,27H,7-10,13,17H2,1-6H3;1H. The smallest absolute Gasteiger partial charge is 0.242 e. The van der Waals surface area contributed by atoms with Gasteiger partial charge in [0.1, 0.15) is 12.3 Å². The van der Waals surface area contributed by atoms with Crippen molar-refractivity contribution in [2.75, 3.05) is 6.61 Å². The van der Waals surface area contributed by atoms with Crippen LogP contribution >= 0.6 is 12.4 Å². The molecule has 3 aromatic rings. The number of halogens is 1. The average molecular weight is 504 g/mol. The van der Waals surface area contributed by atoms with E-state index in [-0.39, 0.29) is 41.9 Å². The molecule has 2 heterocycles. The highest BCUT2D eigenvalue weighted by Crippen LogP contribution is 2.28. The zero-order chi connectivity index (χ0) is 24.9. The first-order valence-electron chi connectivity index (χ1n) is 12.2. The van der Waals surface area contributed by atoms with Crippen molar-refractivity contribution in [2.45, 2.75) is 85.3 Å². The van der Waals surface area contributed by atoms with Gasteiger partial charge in [-0.1, -0.05) is 48.0 Å². The minimum atomic E-state index is -0.137. The van der Waals surface area contributed by atoms with Crippen LogP contribution in [-0.2, 0) is 12.0 Å². The molecule has 0 amide bonds. The van der Waals surface area contributed by atoms with Crippen LogP contribution in [0.5, 0.6) is 11.6 Å². The van der Waals surface area contributed by atoms with Gasteiger partial charge in [0.25, 0.3) is 0 Å². The Morgan fingerprint density at radius 3 is 2.43 bits per heavy atom. The third-order valence-electron chi connectivity index (χ3n) is 5.81. The Labute approximate surface area is 213 Å². The average Bonchev–Trinajstić information content (AvgIpc) is 3.11. The Morgan fingerprint density at radius 2 is 1.80 bits per heavy atom. The summed E-state index contributed by atoms with van der Waals surface area (Å²) >= 11 is 0. The Morgan fingerprint density at radius 1 is 1.09 bits per heavy atom. The van der Waals surface area contributed by atoms with Crippen molar-refractivity contribution in [3.8, 4) is 11.6 Å². The van der Waals surface area contributed by atoms with E-state index in [0.29, 0.717) is 29.4 Å². The minimum Gasteiger partial charge on any atom is -0.494 e. The lowest BCUT2D eigenvalue weighted by Gasteiger charge is -2.21. The summed E-state index contributed by atoms with van der Waals surface area (Å²) in [5.41, 5.74) is 1.95. The Bertz CT molecular complexity index is 1190. The fraction of sp³-hybridized carbons (Fsp3) is 0.538. The van der Waals surface area contributed by atoms with E-state index in [1.54, 1.807) is 18.2 Å². The van der Waals surface area contributed by atoms with Gasteiger partial charge in [0, 0.05) is 11.6 Å². The molecule has 3 rings (SSSR count). The maximum atomic E-state index is 13.2. The van der Waals surface area contributed by atoms with Crippen LogP contribution in [0, 0.1) is 5.41 Å². The molecule has 192 valence electrons. The van der Waals surface area contributed by atoms with Crippen molar-refractivity contribution in [1.29, 1.82) is 5.41 Å². The van der Waals surface area contributed by atoms with Crippen LogP contribution in [0.4, 0.5) is 0 Å². The van der Waals surface area contributed by atoms with E-state index in [9.17, 15) is 4.79 Å². The third kappa shape index (κ3) is 7.07. The summed E-state index contributed by atoms with van der Waals surface area (Å²) in [6.45, 7) is 13.1. The number of aromatic nitrogens is 4. The normalized spacial score (nSPS) is 11.5. The van der Waals surface area contributed by atoms with Crippen molar-refractivity contribution in [3.05, 3.63) is 47.1 Å². The first-order chi connectivity index (χ1) is 16.2. The zero-order valence-corrected chi connectivity index (χ0v) is 22.4. The second kappa shape index (κ2) is 12.2. The predicted octanol–water partition coefficient (Wildman–Crippen LogP) is 5.36. The monoisotopic (exact) mass is 503 g/mol. The number of nitrogens with one attached hydrogen (secondary N) is 1. The van der Waals surface area contributed by atoms with Gasteiger partial charge in [-0.15, -0.1) is 22.6 Å². The van der Waals surface area contributed by atoms with Gasteiger partial charge in [0.2, 0.25) is 11.5 Å². The molecular weight excluding hydrogens is 466 g/mol. The van der Waals surface area contributed by atoms with Crippen LogP contribution in [-0.4, -0.2) is 37.9 Å². The van der Waals surface area contributed by atoms with E-state index < -0.39 is 0 Å². The minimum absolute atomic E-state index is 0. The Balaban J connectivity index is 0.00000432. The fourth-order valence-electron chi connectivity index (χ4n) is 3.55. The lowest BCUT2D eigenvalue weighted by atomic mass is 9.85. The highest BCUT2D eigenvalue weighted by molar-refractivity contribution is 5.96. The molecule has 0 aliphatic heterocycles. The van der Waals surface area contributed by atoms with E-state index in [1.165, 1.54) is 9.20 Å². The van der Waals surface area contributed by atoms with Crippen molar-refractivity contribution in [1.82, 2.24) is 19.4 Å². The van der Waals surface area contributed by atoms with Gasteiger partial charge in [-0.05, 0) is 54.5 Å². The Hall–Kier alpha value is -2.87. The summed E-state index contributed by atoms with van der Waals surface area (Å²) in [5, 5.41) is 17.3. The Kier molecular flexibility index (Phi) is 9.89. The summed E-state index contributed by atoms with van der Waals surface area (Å²) in [5.74, 6) is 0.999. The highest BCUT2D eigenvalue weighted by atomic mass is 35.5. The van der Waals surface area contributed by atoms with Gasteiger partial charge < -0.3 is 9.47 Å². The number of hydrogen-bond donors (Lipinski definition) is 1. The van der Waals surface area contributed by atoms with Crippen molar-refractivity contribution >= 4 is 23.8 Å². The van der Waals surface area contributed by atoms with Gasteiger partial charge in [0.15, 0.2) is 11.4 Å². The molecule has 1 aromatic carbocycles. The summed E-state index contributed by atoms with van der Waals surface area (Å²) in [4.78, 5) is 13.2. The number of rotatable bonds is 11. The number of carbonyl (C=O) groups is 1. The first kappa shape index (κ1) is 28.4. The number of hydrogen-bond acceptors (Lipinski definition) is 6. The van der Waals surface area contributed by atoms with E-state index in [2.05, 4.69) is 51.7 Å². The second-order valence-corrected chi connectivity index (χ2v) is 9.60. The maximum Gasteiger partial charge on any atom is 0.242 e. The van der Waals surface area contributed by atoms with Crippen LogP contribution < -0.4 is 15.1 Å². The molecule has 0 fully saturated rings. The van der Waals surface area contributed by atoms with E-state index in [0.717, 1.165) is 31.2 Å². The number of ketones is 1. The summed E-state index contributed by atoms with van der Waals surface area (Å²) in [6, 6.07) is 9.20. The number of benzene rings is 1.